The van der Waals surface area contributed by atoms with Crippen LogP contribution in [0, 0.1) is 5.92 Å². The highest BCUT2D eigenvalue weighted by molar-refractivity contribution is 5.94. The van der Waals surface area contributed by atoms with Crippen molar-refractivity contribution in [3.63, 3.8) is 0 Å². The van der Waals surface area contributed by atoms with Crippen LogP contribution in [0.3, 0.4) is 0 Å². The maximum Gasteiger partial charge on any atom is 0.254 e. The number of rotatable bonds is 6. The van der Waals surface area contributed by atoms with Crippen molar-refractivity contribution >= 4 is 17.7 Å². The number of amides is 3. The molecule has 0 fully saturated rings. The monoisotopic (exact) mass is 608 g/mol. The first-order valence-corrected chi connectivity index (χ1v) is 15.5. The first-order chi connectivity index (χ1) is 21.8. The first kappa shape index (κ1) is 31.4. The second-order valence-electron chi connectivity index (χ2n) is 11.7. The number of hydrogen-bond acceptors (Lipinski definition) is 6. The fraction of sp³-hybridized carbons (Fsp3) is 0.343. The van der Waals surface area contributed by atoms with E-state index in [0.717, 1.165) is 5.56 Å². The topological polar surface area (TPSA) is 118 Å². The van der Waals surface area contributed by atoms with Gasteiger partial charge in [0.2, 0.25) is 11.8 Å². The highest BCUT2D eigenvalue weighted by Crippen LogP contribution is 2.24. The SMILES string of the molecule is CC(C)C[C@H]1NC(=O)CCCN(C(=O)c2cccc(Oc3ccccc3)c2)CCn2nc(-c3ccccc3)nc2[C@@H](C)NC1=O. The van der Waals surface area contributed by atoms with Crippen LogP contribution in [0.2, 0.25) is 0 Å². The van der Waals surface area contributed by atoms with Gasteiger partial charge >= 0.3 is 0 Å². The second kappa shape index (κ2) is 14.7. The molecule has 5 rings (SSSR count). The number of benzene rings is 3. The molecule has 0 radical (unpaired) electrons. The molecule has 1 aliphatic rings. The van der Waals surface area contributed by atoms with Gasteiger partial charge in [-0.15, -0.1) is 0 Å². The smallest absolute Gasteiger partial charge is 0.254 e. The van der Waals surface area contributed by atoms with Crippen molar-refractivity contribution in [2.75, 3.05) is 13.1 Å². The van der Waals surface area contributed by atoms with Crippen molar-refractivity contribution < 1.29 is 19.1 Å². The first-order valence-electron chi connectivity index (χ1n) is 15.5. The van der Waals surface area contributed by atoms with Crippen LogP contribution < -0.4 is 15.4 Å². The Morgan fingerprint density at radius 1 is 0.911 bits per heavy atom. The predicted molar refractivity (Wildman–Crippen MR) is 171 cm³/mol. The van der Waals surface area contributed by atoms with E-state index in [-0.39, 0.29) is 30.1 Å². The normalized spacial score (nSPS) is 18.0. The lowest BCUT2D eigenvalue weighted by atomic mass is 10.0. The van der Waals surface area contributed by atoms with Crippen LogP contribution in [-0.4, -0.2) is 56.5 Å². The Morgan fingerprint density at radius 3 is 2.36 bits per heavy atom. The van der Waals surface area contributed by atoms with Gasteiger partial charge in [0.25, 0.3) is 5.91 Å². The number of carbonyl (C=O) groups is 3. The minimum absolute atomic E-state index is 0.176. The molecule has 1 aliphatic heterocycles. The van der Waals surface area contributed by atoms with Gasteiger partial charge in [0.15, 0.2) is 5.82 Å². The third-order valence-corrected chi connectivity index (χ3v) is 7.60. The van der Waals surface area contributed by atoms with Gasteiger partial charge in [0, 0.05) is 30.6 Å². The molecule has 2 heterocycles. The lowest BCUT2D eigenvalue weighted by Crippen LogP contribution is -2.48. The van der Waals surface area contributed by atoms with Crippen LogP contribution in [0.5, 0.6) is 11.5 Å². The molecule has 0 spiro atoms. The zero-order valence-electron chi connectivity index (χ0n) is 26.0. The quantitative estimate of drug-likeness (QED) is 0.303. The zero-order chi connectivity index (χ0) is 31.8. The minimum Gasteiger partial charge on any atom is -0.457 e. The van der Waals surface area contributed by atoms with Crippen molar-refractivity contribution in [1.82, 2.24) is 30.3 Å². The molecule has 3 amide bonds. The van der Waals surface area contributed by atoms with Crippen molar-refractivity contribution in [2.24, 2.45) is 5.92 Å². The standard InChI is InChI=1S/C35H40N6O4/c1-24(2)22-30-34(43)36-25(3)33-38-32(26-12-6-4-7-13-26)39-41(33)21-20-40(19-11-18-31(42)37-30)35(44)27-14-10-17-29(23-27)45-28-15-8-5-9-16-28/h4-10,12-17,23-25,30H,11,18-22H2,1-3H3,(H,36,43)(H,37,42)/t25-,30-/m1/s1. The summed E-state index contributed by atoms with van der Waals surface area (Å²) in [5, 5.41) is 10.8. The maximum absolute atomic E-state index is 13.9. The molecule has 0 bridgehead atoms. The number of para-hydroxylation sites is 1. The van der Waals surface area contributed by atoms with Gasteiger partial charge in [0.05, 0.1) is 12.6 Å². The van der Waals surface area contributed by atoms with Gasteiger partial charge < -0.3 is 20.3 Å². The molecular weight excluding hydrogens is 568 g/mol. The highest BCUT2D eigenvalue weighted by atomic mass is 16.5. The van der Waals surface area contributed by atoms with E-state index in [9.17, 15) is 14.4 Å². The predicted octanol–water partition coefficient (Wildman–Crippen LogP) is 5.38. The van der Waals surface area contributed by atoms with E-state index in [1.54, 1.807) is 27.8 Å². The Morgan fingerprint density at radius 2 is 1.62 bits per heavy atom. The number of nitrogens with zero attached hydrogens (tertiary/aromatic N) is 4. The van der Waals surface area contributed by atoms with Gasteiger partial charge in [-0.1, -0.05) is 68.4 Å². The second-order valence-corrected chi connectivity index (χ2v) is 11.7. The fourth-order valence-electron chi connectivity index (χ4n) is 5.36. The molecule has 2 N–H and O–H groups in total. The summed E-state index contributed by atoms with van der Waals surface area (Å²) in [6.07, 6.45) is 1.12. The van der Waals surface area contributed by atoms with Crippen molar-refractivity contribution in [3.05, 3.63) is 96.3 Å². The highest BCUT2D eigenvalue weighted by Gasteiger charge is 2.27. The fourth-order valence-corrected chi connectivity index (χ4v) is 5.36. The summed E-state index contributed by atoms with van der Waals surface area (Å²) in [4.78, 5) is 46.8. The molecule has 45 heavy (non-hydrogen) atoms. The van der Waals surface area contributed by atoms with E-state index in [0.29, 0.717) is 61.2 Å². The Kier molecular flexibility index (Phi) is 10.2. The average molecular weight is 609 g/mol. The Hall–Kier alpha value is -4.99. The molecule has 0 saturated heterocycles. The maximum atomic E-state index is 13.9. The number of nitrogens with one attached hydrogen (secondary N) is 2. The Balaban J connectivity index is 1.44. The lowest BCUT2D eigenvalue weighted by molar-refractivity contribution is -0.129. The van der Waals surface area contributed by atoms with E-state index < -0.39 is 12.1 Å². The third kappa shape index (κ3) is 8.35. The van der Waals surface area contributed by atoms with Crippen LogP contribution in [0.15, 0.2) is 84.9 Å². The summed E-state index contributed by atoms with van der Waals surface area (Å²) in [6.45, 7) is 6.91. The average Bonchev–Trinajstić information content (AvgIpc) is 3.47. The number of fused-ring (bicyclic) bond motifs is 1. The van der Waals surface area contributed by atoms with Crippen LogP contribution in [0.25, 0.3) is 11.4 Å². The molecule has 4 aromatic rings. The van der Waals surface area contributed by atoms with Gasteiger partial charge in [-0.2, -0.15) is 5.10 Å². The largest absolute Gasteiger partial charge is 0.457 e. The van der Waals surface area contributed by atoms with Gasteiger partial charge in [0.1, 0.15) is 23.4 Å². The molecule has 10 nitrogen and oxygen atoms in total. The van der Waals surface area contributed by atoms with E-state index in [1.807, 2.05) is 87.5 Å². The summed E-state index contributed by atoms with van der Waals surface area (Å²) >= 11 is 0. The molecule has 234 valence electrons. The number of hydrogen-bond donors (Lipinski definition) is 2. The molecule has 0 saturated carbocycles. The van der Waals surface area contributed by atoms with Crippen LogP contribution in [0.4, 0.5) is 0 Å². The Bertz CT molecular complexity index is 1600. The molecule has 1 aromatic heterocycles. The summed E-state index contributed by atoms with van der Waals surface area (Å²) in [5.41, 5.74) is 1.33. The zero-order valence-corrected chi connectivity index (χ0v) is 26.0. The van der Waals surface area contributed by atoms with Gasteiger partial charge in [-0.05, 0) is 56.0 Å². The molecule has 3 aromatic carbocycles. The van der Waals surface area contributed by atoms with E-state index in [1.165, 1.54) is 0 Å². The van der Waals surface area contributed by atoms with Crippen LogP contribution in [-0.2, 0) is 16.1 Å². The molecule has 0 unspecified atom stereocenters. The summed E-state index contributed by atoms with van der Waals surface area (Å²) in [6, 6.07) is 25.0. The van der Waals surface area contributed by atoms with Gasteiger partial charge in [-0.3, -0.25) is 14.4 Å². The Labute approximate surface area is 263 Å². The lowest BCUT2D eigenvalue weighted by Gasteiger charge is -2.26. The van der Waals surface area contributed by atoms with Crippen molar-refractivity contribution in [3.8, 4) is 22.9 Å². The van der Waals surface area contributed by atoms with E-state index in [2.05, 4.69) is 10.6 Å². The number of aromatic nitrogens is 3. The third-order valence-electron chi connectivity index (χ3n) is 7.60. The number of ether oxygens (including phenoxy) is 1. The molecule has 2 atom stereocenters. The van der Waals surface area contributed by atoms with E-state index in [4.69, 9.17) is 14.8 Å². The van der Waals surface area contributed by atoms with Crippen molar-refractivity contribution in [1.29, 1.82) is 0 Å². The van der Waals surface area contributed by atoms with Crippen LogP contribution >= 0.6 is 0 Å². The number of carbonyl (C=O) groups excluding carboxylic acids is 3. The van der Waals surface area contributed by atoms with E-state index >= 15 is 0 Å². The molecular formula is C35H40N6O4. The summed E-state index contributed by atoms with van der Waals surface area (Å²) in [7, 11) is 0. The van der Waals surface area contributed by atoms with Crippen LogP contribution in [0.1, 0.15) is 62.3 Å². The minimum atomic E-state index is -0.682. The molecule has 10 heteroatoms. The summed E-state index contributed by atoms with van der Waals surface area (Å²) in [5.74, 6) is 1.87. The van der Waals surface area contributed by atoms with Gasteiger partial charge in [-0.25, -0.2) is 9.67 Å². The molecule has 0 aliphatic carbocycles. The van der Waals surface area contributed by atoms with Crippen molar-refractivity contribution in [2.45, 2.75) is 58.7 Å². The summed E-state index contributed by atoms with van der Waals surface area (Å²) < 4.78 is 7.74.